The SMILES string of the molecule is C[C@@H](N)c1ccc(F)cc1B1OC(C)(C)C(C)(C)O1. The molecule has 0 bridgehead atoms. The standard InChI is InChI=1S/C14H21BFNO2/c1-9(17)11-7-6-10(16)8-12(11)15-18-13(2,3)14(4,5)19-15/h6-9H,17H2,1-5H3/t9-/m1/s1. The minimum Gasteiger partial charge on any atom is -0.399 e. The molecule has 104 valence electrons. The van der Waals surface area contributed by atoms with Crippen molar-refractivity contribution in [1.29, 1.82) is 0 Å². The van der Waals surface area contributed by atoms with Crippen LogP contribution in [0.15, 0.2) is 18.2 Å². The second-order valence-electron chi connectivity index (χ2n) is 6.15. The molecule has 2 rings (SSSR count). The van der Waals surface area contributed by atoms with E-state index in [1.54, 1.807) is 6.07 Å². The van der Waals surface area contributed by atoms with Crippen molar-refractivity contribution >= 4 is 12.6 Å². The van der Waals surface area contributed by atoms with Crippen LogP contribution in [0.5, 0.6) is 0 Å². The molecule has 5 heteroatoms. The average Bonchev–Trinajstić information content (AvgIpc) is 2.47. The Bertz CT molecular complexity index is 472. The van der Waals surface area contributed by atoms with E-state index in [-0.39, 0.29) is 11.9 Å². The van der Waals surface area contributed by atoms with Crippen LogP contribution < -0.4 is 11.2 Å². The van der Waals surface area contributed by atoms with Crippen molar-refractivity contribution in [1.82, 2.24) is 0 Å². The Morgan fingerprint density at radius 1 is 1.16 bits per heavy atom. The van der Waals surface area contributed by atoms with E-state index in [9.17, 15) is 4.39 Å². The van der Waals surface area contributed by atoms with Crippen molar-refractivity contribution in [3.05, 3.63) is 29.6 Å². The third-order valence-corrected chi connectivity index (χ3v) is 4.05. The van der Waals surface area contributed by atoms with Crippen LogP contribution in [0.25, 0.3) is 0 Å². The summed E-state index contributed by atoms with van der Waals surface area (Å²) in [5.74, 6) is -0.311. The highest BCUT2D eigenvalue weighted by atomic mass is 19.1. The molecule has 0 aromatic heterocycles. The fraction of sp³-hybridized carbons (Fsp3) is 0.571. The molecule has 1 fully saturated rings. The second kappa shape index (κ2) is 4.58. The minimum atomic E-state index is -0.582. The average molecular weight is 265 g/mol. The van der Waals surface area contributed by atoms with E-state index in [2.05, 4.69) is 0 Å². The summed E-state index contributed by atoms with van der Waals surface area (Å²) in [5, 5.41) is 0. The van der Waals surface area contributed by atoms with Crippen molar-refractivity contribution in [2.45, 2.75) is 51.9 Å². The van der Waals surface area contributed by atoms with Crippen LogP contribution in [0.1, 0.15) is 46.2 Å². The zero-order valence-corrected chi connectivity index (χ0v) is 12.2. The maximum atomic E-state index is 13.5. The molecule has 0 aliphatic carbocycles. The Balaban J connectivity index is 2.41. The van der Waals surface area contributed by atoms with Gasteiger partial charge in [-0.1, -0.05) is 6.07 Å². The Hall–Kier alpha value is -0.905. The van der Waals surface area contributed by atoms with Crippen molar-refractivity contribution in [2.24, 2.45) is 5.73 Å². The fourth-order valence-electron chi connectivity index (χ4n) is 2.13. The Morgan fingerprint density at radius 2 is 1.68 bits per heavy atom. The topological polar surface area (TPSA) is 44.5 Å². The van der Waals surface area contributed by atoms with Gasteiger partial charge in [-0.3, -0.25) is 0 Å². The number of benzene rings is 1. The first-order valence-electron chi connectivity index (χ1n) is 6.54. The summed E-state index contributed by atoms with van der Waals surface area (Å²) in [4.78, 5) is 0. The molecule has 0 radical (unpaired) electrons. The number of hydrogen-bond donors (Lipinski definition) is 1. The normalized spacial score (nSPS) is 22.6. The zero-order valence-electron chi connectivity index (χ0n) is 12.2. The summed E-state index contributed by atoms with van der Waals surface area (Å²) in [6.45, 7) is 9.74. The first-order chi connectivity index (χ1) is 8.64. The van der Waals surface area contributed by atoms with Crippen LogP contribution in [0, 0.1) is 5.82 Å². The van der Waals surface area contributed by atoms with Gasteiger partial charge < -0.3 is 15.0 Å². The molecule has 19 heavy (non-hydrogen) atoms. The van der Waals surface area contributed by atoms with E-state index in [1.807, 2.05) is 34.6 Å². The van der Waals surface area contributed by atoms with Gasteiger partial charge in [0.25, 0.3) is 0 Å². The van der Waals surface area contributed by atoms with E-state index in [0.717, 1.165) is 5.56 Å². The molecule has 1 aromatic carbocycles. The van der Waals surface area contributed by atoms with E-state index in [4.69, 9.17) is 15.0 Å². The maximum absolute atomic E-state index is 13.5. The van der Waals surface area contributed by atoms with Gasteiger partial charge in [0.15, 0.2) is 0 Å². The van der Waals surface area contributed by atoms with E-state index >= 15 is 0 Å². The minimum absolute atomic E-state index is 0.199. The highest BCUT2D eigenvalue weighted by Gasteiger charge is 2.52. The predicted molar refractivity (Wildman–Crippen MR) is 74.7 cm³/mol. The number of hydrogen-bond acceptors (Lipinski definition) is 3. The lowest BCUT2D eigenvalue weighted by Crippen LogP contribution is -2.41. The van der Waals surface area contributed by atoms with Crippen molar-refractivity contribution in [3.63, 3.8) is 0 Å². The summed E-state index contributed by atoms with van der Waals surface area (Å²) < 4.78 is 25.4. The van der Waals surface area contributed by atoms with Gasteiger partial charge in [-0.2, -0.15) is 0 Å². The Labute approximate surface area is 114 Å². The van der Waals surface area contributed by atoms with Crippen LogP contribution in [0.4, 0.5) is 4.39 Å². The molecular formula is C14H21BFNO2. The molecule has 1 aliphatic heterocycles. The predicted octanol–water partition coefficient (Wildman–Crippen LogP) is 2.14. The Morgan fingerprint density at radius 3 is 2.16 bits per heavy atom. The van der Waals surface area contributed by atoms with E-state index in [0.29, 0.717) is 5.46 Å². The molecule has 1 atom stereocenters. The lowest BCUT2D eigenvalue weighted by atomic mass is 9.74. The quantitative estimate of drug-likeness (QED) is 0.833. The lowest BCUT2D eigenvalue weighted by molar-refractivity contribution is 0.00578. The molecule has 0 spiro atoms. The number of rotatable bonds is 2. The molecule has 0 unspecified atom stereocenters. The summed E-state index contributed by atoms with van der Waals surface area (Å²) in [7, 11) is -0.582. The smallest absolute Gasteiger partial charge is 0.399 e. The van der Waals surface area contributed by atoms with Crippen molar-refractivity contribution in [3.8, 4) is 0 Å². The van der Waals surface area contributed by atoms with Gasteiger partial charge in [0.1, 0.15) is 5.82 Å². The van der Waals surface area contributed by atoms with Gasteiger partial charge in [-0.15, -0.1) is 0 Å². The summed E-state index contributed by atoms with van der Waals surface area (Å²) in [6.07, 6.45) is 0. The fourth-order valence-corrected chi connectivity index (χ4v) is 2.13. The van der Waals surface area contributed by atoms with Gasteiger partial charge in [0, 0.05) is 6.04 Å². The summed E-state index contributed by atoms with van der Waals surface area (Å²) in [6, 6.07) is 4.35. The summed E-state index contributed by atoms with van der Waals surface area (Å²) in [5.41, 5.74) is 6.56. The molecule has 2 N–H and O–H groups in total. The first kappa shape index (κ1) is 14.5. The number of nitrogens with two attached hydrogens (primary N) is 1. The molecule has 0 saturated carbocycles. The maximum Gasteiger partial charge on any atom is 0.495 e. The van der Waals surface area contributed by atoms with Gasteiger partial charge in [0.2, 0.25) is 0 Å². The third-order valence-electron chi connectivity index (χ3n) is 4.05. The summed E-state index contributed by atoms with van der Waals surface area (Å²) >= 11 is 0. The van der Waals surface area contributed by atoms with Crippen LogP contribution >= 0.6 is 0 Å². The lowest BCUT2D eigenvalue weighted by Gasteiger charge is -2.32. The molecule has 1 heterocycles. The highest BCUT2D eigenvalue weighted by molar-refractivity contribution is 6.62. The second-order valence-corrected chi connectivity index (χ2v) is 6.15. The van der Waals surface area contributed by atoms with Crippen molar-refractivity contribution in [2.75, 3.05) is 0 Å². The van der Waals surface area contributed by atoms with Gasteiger partial charge in [-0.25, -0.2) is 4.39 Å². The van der Waals surface area contributed by atoms with Gasteiger partial charge >= 0.3 is 7.12 Å². The largest absolute Gasteiger partial charge is 0.495 e. The van der Waals surface area contributed by atoms with E-state index < -0.39 is 18.3 Å². The first-order valence-corrected chi connectivity index (χ1v) is 6.54. The molecule has 3 nitrogen and oxygen atoms in total. The highest BCUT2D eigenvalue weighted by Crippen LogP contribution is 2.36. The van der Waals surface area contributed by atoms with Crippen LogP contribution in [-0.4, -0.2) is 18.3 Å². The van der Waals surface area contributed by atoms with Crippen LogP contribution in [0.2, 0.25) is 0 Å². The third kappa shape index (κ3) is 2.55. The van der Waals surface area contributed by atoms with Gasteiger partial charge in [0.05, 0.1) is 11.2 Å². The molecule has 0 amide bonds. The Kier molecular flexibility index (Phi) is 3.50. The van der Waals surface area contributed by atoms with Gasteiger partial charge in [-0.05, 0) is 57.8 Å². The zero-order chi connectivity index (χ0) is 14.4. The molecule has 1 aliphatic rings. The number of halogens is 1. The van der Waals surface area contributed by atoms with E-state index in [1.165, 1.54) is 12.1 Å². The monoisotopic (exact) mass is 265 g/mol. The molecular weight excluding hydrogens is 244 g/mol. The molecule has 1 saturated heterocycles. The molecule has 1 aromatic rings. The van der Waals surface area contributed by atoms with Crippen LogP contribution in [-0.2, 0) is 9.31 Å². The van der Waals surface area contributed by atoms with Crippen LogP contribution in [0.3, 0.4) is 0 Å². The van der Waals surface area contributed by atoms with Crippen molar-refractivity contribution < 1.29 is 13.7 Å².